The molecule has 2 aromatic rings. The van der Waals surface area contributed by atoms with Gasteiger partial charge in [0.25, 0.3) is 0 Å². The van der Waals surface area contributed by atoms with E-state index in [1.807, 2.05) is 17.5 Å². The minimum Gasteiger partial charge on any atom is -0.351 e. The molecule has 1 aromatic carbocycles. The van der Waals surface area contributed by atoms with Gasteiger partial charge in [0.15, 0.2) is 0 Å². The first-order chi connectivity index (χ1) is 10.6. The quantitative estimate of drug-likeness (QED) is 0.941. The highest BCUT2D eigenvalue weighted by atomic mass is 32.1. The number of thiophene rings is 1. The second-order valence-corrected chi connectivity index (χ2v) is 6.24. The van der Waals surface area contributed by atoms with E-state index in [2.05, 4.69) is 5.32 Å². The second kappa shape index (κ2) is 6.27. The first kappa shape index (κ1) is 14.7. The Kier molecular flexibility index (Phi) is 4.20. The number of hydrogen-bond donors (Lipinski definition) is 1. The standard InChI is InChI=1S/C16H15FN2O2S/c17-11-3-1-4-13(7-11)19-10-12(8-16(19)21)18-15(20)9-14-5-2-6-22-14/h1-7,12H,8-10H2,(H,18,20)/t12-/m0/s1. The van der Waals surface area contributed by atoms with Crippen LogP contribution in [0.4, 0.5) is 10.1 Å². The molecule has 1 aliphatic rings. The van der Waals surface area contributed by atoms with Crippen molar-refractivity contribution >= 4 is 28.8 Å². The van der Waals surface area contributed by atoms with Gasteiger partial charge in [-0.15, -0.1) is 11.3 Å². The van der Waals surface area contributed by atoms with Gasteiger partial charge in [-0.2, -0.15) is 0 Å². The Hall–Kier alpha value is -2.21. The van der Waals surface area contributed by atoms with Crippen molar-refractivity contribution in [1.82, 2.24) is 5.32 Å². The molecule has 1 atom stereocenters. The summed E-state index contributed by atoms with van der Waals surface area (Å²) in [7, 11) is 0. The van der Waals surface area contributed by atoms with E-state index in [9.17, 15) is 14.0 Å². The summed E-state index contributed by atoms with van der Waals surface area (Å²) in [5.74, 6) is -0.580. The number of nitrogens with one attached hydrogen (secondary N) is 1. The molecule has 4 nitrogen and oxygen atoms in total. The molecule has 1 fully saturated rings. The Bertz CT molecular complexity index is 687. The Morgan fingerprint density at radius 2 is 2.23 bits per heavy atom. The van der Waals surface area contributed by atoms with Gasteiger partial charge in [0.1, 0.15) is 5.82 Å². The van der Waals surface area contributed by atoms with Gasteiger partial charge >= 0.3 is 0 Å². The van der Waals surface area contributed by atoms with E-state index >= 15 is 0 Å². The Morgan fingerprint density at radius 3 is 2.95 bits per heavy atom. The molecule has 22 heavy (non-hydrogen) atoms. The first-order valence-electron chi connectivity index (χ1n) is 6.99. The Labute approximate surface area is 131 Å². The van der Waals surface area contributed by atoms with Gasteiger partial charge in [0.2, 0.25) is 11.8 Å². The highest BCUT2D eigenvalue weighted by Gasteiger charge is 2.31. The predicted molar refractivity (Wildman–Crippen MR) is 83.3 cm³/mol. The highest BCUT2D eigenvalue weighted by Crippen LogP contribution is 2.22. The normalized spacial score (nSPS) is 17.8. The van der Waals surface area contributed by atoms with Crippen LogP contribution in [0.3, 0.4) is 0 Å². The topological polar surface area (TPSA) is 49.4 Å². The predicted octanol–water partition coefficient (Wildman–Crippen LogP) is 2.35. The summed E-state index contributed by atoms with van der Waals surface area (Å²) < 4.78 is 13.3. The maximum absolute atomic E-state index is 13.3. The van der Waals surface area contributed by atoms with Crippen molar-refractivity contribution in [3.8, 4) is 0 Å². The van der Waals surface area contributed by atoms with E-state index in [1.54, 1.807) is 12.1 Å². The summed E-state index contributed by atoms with van der Waals surface area (Å²) in [6, 6.07) is 9.50. The number of amides is 2. The van der Waals surface area contributed by atoms with Gasteiger partial charge in [0.05, 0.1) is 12.5 Å². The van der Waals surface area contributed by atoms with Crippen molar-refractivity contribution in [2.24, 2.45) is 0 Å². The summed E-state index contributed by atoms with van der Waals surface area (Å²) >= 11 is 1.53. The lowest BCUT2D eigenvalue weighted by atomic mass is 10.2. The molecule has 1 saturated heterocycles. The summed E-state index contributed by atoms with van der Waals surface area (Å²) in [6.07, 6.45) is 0.565. The van der Waals surface area contributed by atoms with E-state index in [1.165, 1.54) is 28.4 Å². The zero-order valence-corrected chi connectivity index (χ0v) is 12.6. The van der Waals surface area contributed by atoms with Crippen molar-refractivity contribution in [2.45, 2.75) is 18.9 Å². The molecule has 1 N–H and O–H groups in total. The van der Waals surface area contributed by atoms with Crippen LogP contribution >= 0.6 is 11.3 Å². The van der Waals surface area contributed by atoms with Crippen LogP contribution in [-0.2, 0) is 16.0 Å². The van der Waals surface area contributed by atoms with Crippen LogP contribution in [0.1, 0.15) is 11.3 Å². The van der Waals surface area contributed by atoms with E-state index in [-0.39, 0.29) is 30.1 Å². The molecule has 1 aromatic heterocycles. The molecule has 0 bridgehead atoms. The number of anilines is 1. The fourth-order valence-electron chi connectivity index (χ4n) is 2.55. The van der Waals surface area contributed by atoms with E-state index in [0.717, 1.165) is 4.88 Å². The maximum atomic E-state index is 13.3. The van der Waals surface area contributed by atoms with Gasteiger partial charge in [-0.25, -0.2) is 4.39 Å². The Morgan fingerprint density at radius 1 is 1.36 bits per heavy atom. The third-order valence-corrected chi connectivity index (χ3v) is 4.40. The molecular formula is C16H15FN2O2S. The van der Waals surface area contributed by atoms with Gasteiger partial charge < -0.3 is 10.2 Å². The fraction of sp³-hybridized carbons (Fsp3) is 0.250. The second-order valence-electron chi connectivity index (χ2n) is 5.21. The molecule has 1 aliphatic heterocycles. The fourth-order valence-corrected chi connectivity index (χ4v) is 3.25. The molecule has 0 spiro atoms. The first-order valence-corrected chi connectivity index (χ1v) is 7.87. The van der Waals surface area contributed by atoms with Gasteiger partial charge in [-0.05, 0) is 29.6 Å². The van der Waals surface area contributed by atoms with Crippen molar-refractivity contribution in [3.63, 3.8) is 0 Å². The summed E-state index contributed by atoms with van der Waals surface area (Å²) in [4.78, 5) is 26.5. The molecule has 114 valence electrons. The molecule has 0 radical (unpaired) electrons. The number of benzene rings is 1. The third-order valence-electron chi connectivity index (χ3n) is 3.52. The Balaban J connectivity index is 1.61. The maximum Gasteiger partial charge on any atom is 0.229 e. The molecule has 0 unspecified atom stereocenters. The molecule has 6 heteroatoms. The average Bonchev–Trinajstić information content (AvgIpc) is 3.08. The monoisotopic (exact) mass is 318 g/mol. The van der Waals surface area contributed by atoms with Gasteiger partial charge in [0, 0.05) is 23.5 Å². The number of hydrogen-bond acceptors (Lipinski definition) is 3. The largest absolute Gasteiger partial charge is 0.351 e. The van der Waals surface area contributed by atoms with Crippen LogP contribution in [0, 0.1) is 5.82 Å². The lowest BCUT2D eigenvalue weighted by Crippen LogP contribution is -2.37. The van der Waals surface area contributed by atoms with Crippen LogP contribution in [-0.4, -0.2) is 24.4 Å². The number of halogens is 1. The molecule has 2 heterocycles. The van der Waals surface area contributed by atoms with E-state index in [0.29, 0.717) is 18.7 Å². The number of nitrogens with zero attached hydrogens (tertiary/aromatic N) is 1. The summed E-state index contributed by atoms with van der Waals surface area (Å²) in [6.45, 7) is 0.373. The number of carbonyl (C=O) groups is 2. The lowest BCUT2D eigenvalue weighted by Gasteiger charge is -2.17. The smallest absolute Gasteiger partial charge is 0.229 e. The van der Waals surface area contributed by atoms with Crippen LogP contribution in [0.15, 0.2) is 41.8 Å². The SMILES string of the molecule is O=C(Cc1cccs1)N[C@H]1CC(=O)N(c2cccc(F)c2)C1. The molecule has 0 saturated carbocycles. The van der Waals surface area contributed by atoms with Crippen molar-refractivity contribution in [3.05, 3.63) is 52.5 Å². The van der Waals surface area contributed by atoms with Gasteiger partial charge in [-0.1, -0.05) is 12.1 Å². The van der Waals surface area contributed by atoms with Crippen LogP contribution in [0.25, 0.3) is 0 Å². The number of carbonyl (C=O) groups excluding carboxylic acids is 2. The van der Waals surface area contributed by atoms with Crippen LogP contribution in [0.2, 0.25) is 0 Å². The van der Waals surface area contributed by atoms with Crippen LogP contribution < -0.4 is 10.2 Å². The molecule has 0 aliphatic carbocycles. The van der Waals surface area contributed by atoms with Crippen LogP contribution in [0.5, 0.6) is 0 Å². The minimum atomic E-state index is -0.379. The zero-order valence-electron chi connectivity index (χ0n) is 11.8. The minimum absolute atomic E-state index is 0.0960. The van der Waals surface area contributed by atoms with Gasteiger partial charge in [-0.3, -0.25) is 9.59 Å². The zero-order chi connectivity index (χ0) is 15.5. The molecule has 3 rings (SSSR count). The number of rotatable bonds is 4. The molecule has 2 amide bonds. The van der Waals surface area contributed by atoms with E-state index < -0.39 is 0 Å². The van der Waals surface area contributed by atoms with Crippen molar-refractivity contribution < 1.29 is 14.0 Å². The molecular weight excluding hydrogens is 303 g/mol. The summed E-state index contributed by atoms with van der Waals surface area (Å²) in [5, 5.41) is 4.80. The average molecular weight is 318 g/mol. The van der Waals surface area contributed by atoms with Crippen molar-refractivity contribution in [2.75, 3.05) is 11.4 Å². The third kappa shape index (κ3) is 3.33. The van der Waals surface area contributed by atoms with Crippen molar-refractivity contribution in [1.29, 1.82) is 0 Å². The highest BCUT2D eigenvalue weighted by molar-refractivity contribution is 7.10. The lowest BCUT2D eigenvalue weighted by molar-refractivity contribution is -0.121. The van der Waals surface area contributed by atoms with E-state index in [4.69, 9.17) is 0 Å². The summed E-state index contributed by atoms with van der Waals surface area (Å²) in [5.41, 5.74) is 0.528.